The molecule has 1 heterocycles. The average molecular weight is 305 g/mol. The van der Waals surface area contributed by atoms with Gasteiger partial charge in [-0.15, -0.1) is 11.3 Å². The molecule has 0 radical (unpaired) electrons. The van der Waals surface area contributed by atoms with Crippen LogP contribution in [0.5, 0.6) is 0 Å². The van der Waals surface area contributed by atoms with Gasteiger partial charge in [0.05, 0.1) is 11.2 Å². The van der Waals surface area contributed by atoms with E-state index in [-0.39, 0.29) is 5.54 Å². The smallest absolute Gasteiger partial charge is 0.113 e. The molecule has 2 fully saturated rings. The van der Waals surface area contributed by atoms with E-state index in [2.05, 4.69) is 16.7 Å². The van der Waals surface area contributed by atoms with Gasteiger partial charge in [-0.25, -0.2) is 4.98 Å². The third kappa shape index (κ3) is 3.05. The van der Waals surface area contributed by atoms with Crippen LogP contribution in [0, 0.1) is 0 Å². The highest BCUT2D eigenvalue weighted by atomic mass is 32.1. The summed E-state index contributed by atoms with van der Waals surface area (Å²) in [5.74, 6) is 0. The topological polar surface area (TPSA) is 24.9 Å². The maximum atomic E-state index is 5.16. The number of nitrogens with zero attached hydrogens (tertiary/aromatic N) is 1. The molecule has 0 saturated heterocycles. The van der Waals surface area contributed by atoms with Crippen molar-refractivity contribution in [1.29, 1.82) is 0 Å². The molecule has 2 saturated carbocycles. The Morgan fingerprint density at radius 1 is 0.905 bits per heavy atom. The van der Waals surface area contributed by atoms with Gasteiger partial charge in [0.1, 0.15) is 5.01 Å². The minimum absolute atomic E-state index is 0.226. The van der Waals surface area contributed by atoms with Gasteiger partial charge >= 0.3 is 0 Å². The second kappa shape index (κ2) is 6.00. The molecule has 116 valence electrons. The Morgan fingerprint density at radius 2 is 1.62 bits per heavy atom. The first-order valence-corrected chi connectivity index (χ1v) is 9.94. The quantitative estimate of drug-likeness (QED) is 0.874. The van der Waals surface area contributed by atoms with Gasteiger partial charge in [-0.3, -0.25) is 0 Å². The van der Waals surface area contributed by atoms with E-state index in [4.69, 9.17) is 4.98 Å². The van der Waals surface area contributed by atoms with Crippen molar-refractivity contribution in [3.8, 4) is 0 Å². The summed E-state index contributed by atoms with van der Waals surface area (Å²) in [5, 5.41) is 5.49. The van der Waals surface area contributed by atoms with E-state index in [0.29, 0.717) is 0 Å². The molecule has 0 amide bonds. The number of rotatable bonds is 3. The van der Waals surface area contributed by atoms with Crippen molar-refractivity contribution in [2.24, 2.45) is 0 Å². The van der Waals surface area contributed by atoms with Gasteiger partial charge in [0.2, 0.25) is 0 Å². The Labute approximate surface area is 132 Å². The molecule has 0 bridgehead atoms. The summed E-state index contributed by atoms with van der Waals surface area (Å²) >= 11 is 2.05. The molecule has 0 unspecified atom stereocenters. The van der Waals surface area contributed by atoms with Crippen molar-refractivity contribution < 1.29 is 0 Å². The van der Waals surface area contributed by atoms with Crippen LogP contribution in [0.1, 0.15) is 86.2 Å². The third-order valence-corrected chi connectivity index (χ3v) is 6.88. The van der Waals surface area contributed by atoms with E-state index in [1.807, 2.05) is 0 Å². The van der Waals surface area contributed by atoms with Crippen LogP contribution in [0.3, 0.4) is 0 Å². The monoisotopic (exact) mass is 304 g/mol. The summed E-state index contributed by atoms with van der Waals surface area (Å²) in [4.78, 5) is 6.76. The standard InChI is InChI=1S/C18H28N2S/c1-2-6-12-18(13-7-3-1,20-14-10-11-14)17-19-15-8-4-5-9-16(15)21-17/h14,20H,1-13H2. The van der Waals surface area contributed by atoms with Crippen molar-refractivity contribution in [3.05, 3.63) is 15.6 Å². The number of thiazole rings is 1. The highest BCUT2D eigenvalue weighted by Gasteiger charge is 2.40. The molecular formula is C18H28N2S. The molecule has 0 atom stereocenters. The fraction of sp³-hybridized carbons (Fsp3) is 0.833. The van der Waals surface area contributed by atoms with Gasteiger partial charge in [0.15, 0.2) is 0 Å². The van der Waals surface area contributed by atoms with Gasteiger partial charge in [-0.2, -0.15) is 0 Å². The van der Waals surface area contributed by atoms with Gasteiger partial charge in [0.25, 0.3) is 0 Å². The second-order valence-corrected chi connectivity index (χ2v) is 8.45. The Hall–Kier alpha value is -0.410. The van der Waals surface area contributed by atoms with Crippen LogP contribution in [0.25, 0.3) is 0 Å². The predicted octanol–water partition coefficient (Wildman–Crippen LogP) is 4.71. The van der Waals surface area contributed by atoms with Crippen molar-refractivity contribution >= 4 is 11.3 Å². The lowest BCUT2D eigenvalue weighted by Crippen LogP contribution is -2.44. The molecule has 3 aliphatic carbocycles. The molecular weight excluding hydrogens is 276 g/mol. The van der Waals surface area contributed by atoms with Crippen LogP contribution in [0.15, 0.2) is 0 Å². The first kappa shape index (κ1) is 14.2. The van der Waals surface area contributed by atoms with Crippen molar-refractivity contribution in [2.45, 2.75) is 95.1 Å². The van der Waals surface area contributed by atoms with Crippen LogP contribution in [0.4, 0.5) is 0 Å². The van der Waals surface area contributed by atoms with Gasteiger partial charge in [0, 0.05) is 10.9 Å². The number of fused-ring (bicyclic) bond motifs is 1. The molecule has 3 heteroatoms. The lowest BCUT2D eigenvalue weighted by molar-refractivity contribution is 0.248. The number of hydrogen-bond acceptors (Lipinski definition) is 3. The van der Waals surface area contributed by atoms with Gasteiger partial charge in [-0.1, -0.05) is 32.1 Å². The fourth-order valence-electron chi connectivity index (χ4n) is 4.10. The summed E-state index contributed by atoms with van der Waals surface area (Å²) in [6.45, 7) is 0. The number of nitrogens with one attached hydrogen (secondary N) is 1. The van der Waals surface area contributed by atoms with E-state index < -0.39 is 0 Å². The highest BCUT2D eigenvalue weighted by Crippen LogP contribution is 2.42. The van der Waals surface area contributed by atoms with E-state index in [1.165, 1.54) is 94.2 Å². The SMILES string of the molecule is C1CCCC(NC2CC2)(c2nc3c(s2)CCCC3)CCC1. The van der Waals surface area contributed by atoms with E-state index >= 15 is 0 Å². The van der Waals surface area contributed by atoms with Crippen LogP contribution in [-0.4, -0.2) is 11.0 Å². The lowest BCUT2D eigenvalue weighted by atomic mass is 9.84. The maximum Gasteiger partial charge on any atom is 0.113 e. The van der Waals surface area contributed by atoms with Crippen LogP contribution in [-0.2, 0) is 18.4 Å². The Bertz CT molecular complexity index is 458. The van der Waals surface area contributed by atoms with Crippen molar-refractivity contribution in [1.82, 2.24) is 10.3 Å². The molecule has 0 spiro atoms. The predicted molar refractivity (Wildman–Crippen MR) is 88.9 cm³/mol. The molecule has 1 aromatic heterocycles. The van der Waals surface area contributed by atoms with E-state index in [1.54, 1.807) is 4.88 Å². The fourth-order valence-corrected chi connectivity index (χ4v) is 5.46. The van der Waals surface area contributed by atoms with E-state index in [0.717, 1.165) is 6.04 Å². The number of aromatic nitrogens is 1. The van der Waals surface area contributed by atoms with Crippen molar-refractivity contribution in [3.63, 3.8) is 0 Å². The molecule has 4 rings (SSSR count). The number of aryl methyl sites for hydroxylation is 2. The molecule has 0 aromatic carbocycles. The zero-order valence-electron chi connectivity index (χ0n) is 13.1. The molecule has 1 aromatic rings. The van der Waals surface area contributed by atoms with Gasteiger partial charge in [-0.05, 0) is 51.4 Å². The molecule has 0 aliphatic heterocycles. The van der Waals surface area contributed by atoms with Crippen molar-refractivity contribution in [2.75, 3.05) is 0 Å². The normalized spacial score (nSPS) is 25.9. The zero-order valence-corrected chi connectivity index (χ0v) is 13.9. The first-order chi connectivity index (χ1) is 10.4. The third-order valence-electron chi connectivity index (χ3n) is 5.52. The average Bonchev–Trinajstić information content (AvgIpc) is 3.16. The van der Waals surface area contributed by atoms with Crippen LogP contribution in [0.2, 0.25) is 0 Å². The van der Waals surface area contributed by atoms with E-state index in [9.17, 15) is 0 Å². The first-order valence-electron chi connectivity index (χ1n) is 9.12. The lowest BCUT2D eigenvalue weighted by Gasteiger charge is -2.35. The van der Waals surface area contributed by atoms with Crippen LogP contribution >= 0.6 is 11.3 Å². The van der Waals surface area contributed by atoms with Gasteiger partial charge < -0.3 is 5.32 Å². The number of hydrogen-bond donors (Lipinski definition) is 1. The molecule has 3 aliphatic rings. The second-order valence-electron chi connectivity index (χ2n) is 7.36. The summed E-state index contributed by atoms with van der Waals surface area (Å²) in [6.07, 6.45) is 17.7. The summed E-state index contributed by atoms with van der Waals surface area (Å²) in [7, 11) is 0. The summed E-state index contributed by atoms with van der Waals surface area (Å²) < 4.78 is 0. The maximum absolute atomic E-state index is 5.16. The minimum atomic E-state index is 0.226. The Morgan fingerprint density at radius 3 is 2.33 bits per heavy atom. The van der Waals surface area contributed by atoms with Crippen LogP contribution < -0.4 is 5.32 Å². The zero-order chi connectivity index (χ0) is 14.1. The largest absolute Gasteiger partial charge is 0.303 e. The highest BCUT2D eigenvalue weighted by molar-refractivity contribution is 7.11. The minimum Gasteiger partial charge on any atom is -0.303 e. The molecule has 2 nitrogen and oxygen atoms in total. The Balaban J connectivity index is 1.64. The molecule has 1 N–H and O–H groups in total. The Kier molecular flexibility index (Phi) is 4.06. The summed E-state index contributed by atoms with van der Waals surface area (Å²) in [6, 6.07) is 0.783. The summed E-state index contributed by atoms with van der Waals surface area (Å²) in [5.41, 5.74) is 1.67. The molecule has 21 heavy (non-hydrogen) atoms.